The smallest absolute Gasteiger partial charge is 0.176 e. The highest BCUT2D eigenvalue weighted by molar-refractivity contribution is 5.97. The minimum atomic E-state index is 0.133. The summed E-state index contributed by atoms with van der Waals surface area (Å²) >= 11 is 0. The zero-order chi connectivity index (χ0) is 11.5. The van der Waals surface area contributed by atoms with E-state index in [4.69, 9.17) is 5.11 Å². The number of likely N-dealkylation sites (tertiary alicyclic amines) is 1. The topological polar surface area (TPSA) is 40.5 Å². The maximum absolute atomic E-state index is 11.9. The number of phenols is 1. The number of phenolic OH excluding ortho intramolecular Hbond substituents is 1. The largest absolute Gasteiger partial charge is 0.508 e. The van der Waals surface area contributed by atoms with Crippen LogP contribution >= 0.6 is 0 Å². The zero-order valence-corrected chi connectivity index (χ0v) is 9.52. The van der Waals surface area contributed by atoms with Crippen LogP contribution in [-0.4, -0.2) is 35.4 Å². The first kappa shape index (κ1) is 11.1. The summed E-state index contributed by atoms with van der Waals surface area (Å²) in [5.41, 5.74) is 0.678. The molecular formula is C13H17NO2. The average Bonchev–Trinajstić information content (AvgIpc) is 2.65. The molecule has 3 nitrogen and oxygen atoms in total. The van der Waals surface area contributed by atoms with Crippen LogP contribution in [0.15, 0.2) is 24.3 Å². The molecule has 1 unspecified atom stereocenters. The van der Waals surface area contributed by atoms with Gasteiger partial charge in [-0.2, -0.15) is 0 Å². The summed E-state index contributed by atoms with van der Waals surface area (Å²) in [5, 5.41) is 9.14. The number of aromatic hydroxyl groups is 1. The van der Waals surface area contributed by atoms with E-state index in [-0.39, 0.29) is 11.5 Å². The molecule has 86 valence electrons. The number of nitrogens with zero attached hydrogens (tertiary/aromatic N) is 1. The van der Waals surface area contributed by atoms with Crippen molar-refractivity contribution >= 4 is 5.78 Å². The van der Waals surface area contributed by atoms with Crippen molar-refractivity contribution in [3.63, 3.8) is 0 Å². The zero-order valence-electron chi connectivity index (χ0n) is 9.52. The van der Waals surface area contributed by atoms with E-state index in [2.05, 4.69) is 11.8 Å². The monoisotopic (exact) mass is 219 g/mol. The van der Waals surface area contributed by atoms with Crippen LogP contribution in [0.3, 0.4) is 0 Å². The fourth-order valence-electron chi connectivity index (χ4n) is 2.11. The molecule has 1 aromatic carbocycles. The number of rotatable bonds is 3. The van der Waals surface area contributed by atoms with Crippen LogP contribution in [0.1, 0.15) is 23.7 Å². The Hall–Kier alpha value is -1.35. The summed E-state index contributed by atoms with van der Waals surface area (Å²) in [5.74, 6) is 1.04. The Morgan fingerprint density at radius 3 is 2.69 bits per heavy atom. The van der Waals surface area contributed by atoms with Gasteiger partial charge in [0.1, 0.15) is 5.75 Å². The van der Waals surface area contributed by atoms with Gasteiger partial charge in [0.25, 0.3) is 0 Å². The predicted molar refractivity (Wildman–Crippen MR) is 62.7 cm³/mol. The predicted octanol–water partition coefficient (Wildman–Crippen LogP) is 1.92. The van der Waals surface area contributed by atoms with Gasteiger partial charge < -0.3 is 5.11 Å². The van der Waals surface area contributed by atoms with E-state index >= 15 is 0 Å². The van der Waals surface area contributed by atoms with E-state index in [9.17, 15) is 4.79 Å². The van der Waals surface area contributed by atoms with Gasteiger partial charge in [0, 0.05) is 12.1 Å². The van der Waals surface area contributed by atoms with Gasteiger partial charge in [-0.15, -0.1) is 0 Å². The number of hydrogen-bond donors (Lipinski definition) is 1. The number of carbonyl (C=O) groups is 1. The Labute approximate surface area is 95.7 Å². The molecule has 2 rings (SSSR count). The molecule has 1 aliphatic heterocycles. The van der Waals surface area contributed by atoms with Gasteiger partial charge in [-0.1, -0.05) is 6.92 Å². The molecule has 0 radical (unpaired) electrons. The Morgan fingerprint density at radius 2 is 2.12 bits per heavy atom. The first-order valence-electron chi connectivity index (χ1n) is 5.70. The fraction of sp³-hybridized carbons (Fsp3) is 0.462. The molecule has 1 aromatic rings. The Kier molecular flexibility index (Phi) is 3.25. The van der Waals surface area contributed by atoms with Crippen molar-refractivity contribution in [2.45, 2.75) is 13.3 Å². The lowest BCUT2D eigenvalue weighted by Gasteiger charge is -2.13. The highest BCUT2D eigenvalue weighted by Gasteiger charge is 2.20. The molecule has 0 aliphatic carbocycles. The van der Waals surface area contributed by atoms with Crippen LogP contribution in [0.5, 0.6) is 5.75 Å². The van der Waals surface area contributed by atoms with Gasteiger partial charge in [-0.05, 0) is 43.1 Å². The molecule has 1 aliphatic rings. The number of benzene rings is 1. The molecule has 1 N–H and O–H groups in total. The van der Waals surface area contributed by atoms with Crippen LogP contribution in [0.2, 0.25) is 0 Å². The van der Waals surface area contributed by atoms with Crippen LogP contribution < -0.4 is 0 Å². The third-order valence-electron chi connectivity index (χ3n) is 3.06. The number of ketones is 1. The van der Waals surface area contributed by atoms with Gasteiger partial charge in [-0.25, -0.2) is 0 Å². The van der Waals surface area contributed by atoms with Crippen molar-refractivity contribution < 1.29 is 9.90 Å². The van der Waals surface area contributed by atoms with Gasteiger partial charge in [-0.3, -0.25) is 9.69 Å². The molecule has 16 heavy (non-hydrogen) atoms. The van der Waals surface area contributed by atoms with E-state index in [1.165, 1.54) is 6.42 Å². The first-order valence-corrected chi connectivity index (χ1v) is 5.70. The molecule has 1 heterocycles. The summed E-state index contributed by atoms with van der Waals surface area (Å²) in [7, 11) is 0. The summed E-state index contributed by atoms with van der Waals surface area (Å²) in [6, 6.07) is 6.47. The summed E-state index contributed by atoms with van der Waals surface area (Å²) in [6.45, 7) is 4.75. The average molecular weight is 219 g/mol. The lowest BCUT2D eigenvalue weighted by atomic mass is 10.1. The van der Waals surface area contributed by atoms with E-state index in [1.54, 1.807) is 24.3 Å². The molecular weight excluding hydrogens is 202 g/mol. The van der Waals surface area contributed by atoms with Gasteiger partial charge >= 0.3 is 0 Å². The molecule has 1 atom stereocenters. The Morgan fingerprint density at radius 1 is 1.44 bits per heavy atom. The van der Waals surface area contributed by atoms with Crippen molar-refractivity contribution in [1.29, 1.82) is 0 Å². The molecule has 0 amide bonds. The summed E-state index contributed by atoms with van der Waals surface area (Å²) in [6.07, 6.45) is 1.18. The molecule has 0 bridgehead atoms. The van der Waals surface area contributed by atoms with Crippen molar-refractivity contribution in [1.82, 2.24) is 4.90 Å². The first-order chi connectivity index (χ1) is 7.65. The van der Waals surface area contributed by atoms with E-state index in [0.717, 1.165) is 13.1 Å². The van der Waals surface area contributed by atoms with Crippen molar-refractivity contribution in [2.75, 3.05) is 19.6 Å². The standard InChI is InChI=1S/C13H17NO2/c1-10-6-7-14(8-10)9-13(16)11-2-4-12(15)5-3-11/h2-5,10,15H,6-9H2,1H3. The Balaban J connectivity index is 1.95. The van der Waals surface area contributed by atoms with Gasteiger partial charge in [0.05, 0.1) is 6.54 Å². The lowest BCUT2D eigenvalue weighted by molar-refractivity contribution is 0.0943. The molecule has 0 spiro atoms. The SMILES string of the molecule is CC1CCN(CC(=O)c2ccc(O)cc2)C1. The second-order valence-electron chi connectivity index (χ2n) is 4.60. The third-order valence-corrected chi connectivity index (χ3v) is 3.06. The lowest BCUT2D eigenvalue weighted by Crippen LogP contribution is -2.27. The van der Waals surface area contributed by atoms with Gasteiger partial charge in [0.15, 0.2) is 5.78 Å². The summed E-state index contributed by atoms with van der Waals surface area (Å²) in [4.78, 5) is 14.1. The van der Waals surface area contributed by atoms with Crippen LogP contribution in [0.4, 0.5) is 0 Å². The van der Waals surface area contributed by atoms with E-state index in [1.807, 2.05) is 0 Å². The quantitative estimate of drug-likeness (QED) is 0.789. The summed E-state index contributed by atoms with van der Waals surface area (Å²) < 4.78 is 0. The molecule has 0 aromatic heterocycles. The molecule has 3 heteroatoms. The number of carbonyl (C=O) groups excluding carboxylic acids is 1. The normalized spacial score (nSPS) is 21.2. The van der Waals surface area contributed by atoms with Gasteiger partial charge in [0.2, 0.25) is 0 Å². The third kappa shape index (κ3) is 2.61. The maximum atomic E-state index is 11.9. The van der Waals surface area contributed by atoms with Crippen molar-refractivity contribution in [3.8, 4) is 5.75 Å². The van der Waals surface area contributed by atoms with Crippen LogP contribution in [0.25, 0.3) is 0 Å². The van der Waals surface area contributed by atoms with E-state index < -0.39 is 0 Å². The highest BCUT2D eigenvalue weighted by Crippen LogP contribution is 2.16. The van der Waals surface area contributed by atoms with Crippen LogP contribution in [0, 0.1) is 5.92 Å². The molecule has 0 saturated carbocycles. The minimum absolute atomic E-state index is 0.133. The van der Waals surface area contributed by atoms with Crippen LogP contribution in [-0.2, 0) is 0 Å². The number of Topliss-reactive ketones (excluding diaryl/α,β-unsaturated/α-hetero) is 1. The molecule has 1 saturated heterocycles. The molecule has 1 fully saturated rings. The van der Waals surface area contributed by atoms with Crippen molar-refractivity contribution in [2.24, 2.45) is 5.92 Å². The number of hydrogen-bond acceptors (Lipinski definition) is 3. The van der Waals surface area contributed by atoms with E-state index in [0.29, 0.717) is 18.0 Å². The highest BCUT2D eigenvalue weighted by atomic mass is 16.3. The maximum Gasteiger partial charge on any atom is 0.176 e. The second-order valence-corrected chi connectivity index (χ2v) is 4.60. The van der Waals surface area contributed by atoms with Crippen molar-refractivity contribution in [3.05, 3.63) is 29.8 Å². The minimum Gasteiger partial charge on any atom is -0.508 e. The Bertz CT molecular complexity index is 372. The fourth-order valence-corrected chi connectivity index (χ4v) is 2.11. The second kappa shape index (κ2) is 4.66.